The number of para-hydroxylation sites is 1. The number of rotatable bonds is 4. The number of hydrogen-bond donors (Lipinski definition) is 0. The second kappa shape index (κ2) is 6.90. The molecule has 0 radical (unpaired) electrons. The molecular formula is C18H25N3. The van der Waals surface area contributed by atoms with Crippen molar-refractivity contribution in [1.29, 1.82) is 0 Å². The molecule has 0 unspecified atom stereocenters. The number of nitrogens with zero attached hydrogens (tertiary/aromatic N) is 3. The van der Waals surface area contributed by atoms with Gasteiger partial charge < -0.3 is 0 Å². The van der Waals surface area contributed by atoms with Crippen LogP contribution in [0.1, 0.15) is 44.2 Å². The fourth-order valence-corrected chi connectivity index (χ4v) is 3.25. The molecular weight excluding hydrogens is 258 g/mol. The van der Waals surface area contributed by atoms with Crippen LogP contribution in [0.4, 0.5) is 0 Å². The Morgan fingerprint density at radius 1 is 1.05 bits per heavy atom. The van der Waals surface area contributed by atoms with Crippen molar-refractivity contribution in [3.63, 3.8) is 0 Å². The SMILES string of the molecule is CN(Cc1ccn(-c2ccccc2)n1)C1CCCCCC1. The van der Waals surface area contributed by atoms with E-state index in [2.05, 4.69) is 36.3 Å². The van der Waals surface area contributed by atoms with Crippen LogP contribution in [0, 0.1) is 0 Å². The van der Waals surface area contributed by atoms with E-state index in [9.17, 15) is 0 Å². The highest BCUT2D eigenvalue weighted by Crippen LogP contribution is 2.22. The van der Waals surface area contributed by atoms with Crippen LogP contribution in [-0.2, 0) is 6.54 Å². The van der Waals surface area contributed by atoms with Crippen LogP contribution in [0.15, 0.2) is 42.6 Å². The van der Waals surface area contributed by atoms with Crippen LogP contribution in [0.25, 0.3) is 5.69 Å². The summed E-state index contributed by atoms with van der Waals surface area (Å²) in [7, 11) is 2.25. The molecule has 0 N–H and O–H groups in total. The Bertz CT molecular complexity index is 539. The molecule has 0 amide bonds. The third kappa shape index (κ3) is 3.73. The van der Waals surface area contributed by atoms with Gasteiger partial charge in [0.25, 0.3) is 0 Å². The first-order valence-electron chi connectivity index (χ1n) is 8.13. The molecule has 0 bridgehead atoms. The molecule has 0 saturated heterocycles. The van der Waals surface area contributed by atoms with Crippen molar-refractivity contribution in [3.8, 4) is 5.69 Å². The number of benzene rings is 1. The van der Waals surface area contributed by atoms with E-state index in [-0.39, 0.29) is 0 Å². The van der Waals surface area contributed by atoms with Crippen molar-refractivity contribution in [2.45, 2.75) is 51.1 Å². The van der Waals surface area contributed by atoms with Crippen molar-refractivity contribution < 1.29 is 0 Å². The first-order valence-corrected chi connectivity index (χ1v) is 8.13. The Morgan fingerprint density at radius 3 is 2.48 bits per heavy atom. The van der Waals surface area contributed by atoms with Gasteiger partial charge in [0, 0.05) is 18.8 Å². The molecule has 0 aliphatic heterocycles. The second-order valence-corrected chi connectivity index (χ2v) is 6.15. The van der Waals surface area contributed by atoms with Gasteiger partial charge in [0.2, 0.25) is 0 Å². The standard InChI is InChI=1S/C18H25N3/c1-20(17-9-5-2-3-6-10-17)15-16-13-14-21(19-16)18-11-7-4-8-12-18/h4,7-8,11-14,17H,2-3,5-6,9-10,15H2,1H3. The van der Waals surface area contributed by atoms with E-state index in [1.54, 1.807) is 0 Å². The largest absolute Gasteiger partial charge is 0.298 e. The summed E-state index contributed by atoms with van der Waals surface area (Å²) in [5, 5.41) is 4.71. The highest BCUT2D eigenvalue weighted by Gasteiger charge is 2.17. The molecule has 3 heteroatoms. The van der Waals surface area contributed by atoms with Crippen LogP contribution >= 0.6 is 0 Å². The summed E-state index contributed by atoms with van der Waals surface area (Å²) in [5.74, 6) is 0. The molecule has 21 heavy (non-hydrogen) atoms. The van der Waals surface area contributed by atoms with E-state index in [4.69, 9.17) is 5.10 Å². The maximum atomic E-state index is 4.71. The van der Waals surface area contributed by atoms with Crippen molar-refractivity contribution >= 4 is 0 Å². The third-order valence-corrected chi connectivity index (χ3v) is 4.52. The van der Waals surface area contributed by atoms with E-state index in [1.165, 1.54) is 38.5 Å². The summed E-state index contributed by atoms with van der Waals surface area (Å²) in [4.78, 5) is 2.49. The lowest BCUT2D eigenvalue weighted by atomic mass is 10.1. The zero-order chi connectivity index (χ0) is 14.5. The molecule has 1 aromatic heterocycles. The molecule has 0 atom stereocenters. The van der Waals surface area contributed by atoms with Gasteiger partial charge in [-0.2, -0.15) is 5.10 Å². The summed E-state index contributed by atoms with van der Waals surface area (Å²) in [5.41, 5.74) is 2.28. The average molecular weight is 283 g/mol. The molecule has 1 aliphatic carbocycles. The van der Waals surface area contributed by atoms with Crippen LogP contribution < -0.4 is 0 Å². The molecule has 1 aromatic carbocycles. The number of hydrogen-bond acceptors (Lipinski definition) is 2. The van der Waals surface area contributed by atoms with Gasteiger partial charge in [-0.3, -0.25) is 4.90 Å². The van der Waals surface area contributed by atoms with Gasteiger partial charge in [-0.05, 0) is 38.1 Å². The molecule has 1 heterocycles. The third-order valence-electron chi connectivity index (χ3n) is 4.52. The summed E-state index contributed by atoms with van der Waals surface area (Å²) >= 11 is 0. The van der Waals surface area contributed by atoms with Gasteiger partial charge in [-0.1, -0.05) is 43.9 Å². The topological polar surface area (TPSA) is 21.1 Å². The smallest absolute Gasteiger partial charge is 0.0769 e. The van der Waals surface area contributed by atoms with E-state index in [0.717, 1.165) is 24.0 Å². The molecule has 112 valence electrons. The van der Waals surface area contributed by atoms with Crippen molar-refractivity contribution in [1.82, 2.24) is 14.7 Å². The Kier molecular flexibility index (Phi) is 4.71. The summed E-state index contributed by atoms with van der Waals surface area (Å²) in [6.45, 7) is 0.949. The van der Waals surface area contributed by atoms with Crippen molar-refractivity contribution in [3.05, 3.63) is 48.3 Å². The van der Waals surface area contributed by atoms with E-state index in [1.807, 2.05) is 22.9 Å². The van der Waals surface area contributed by atoms with Crippen molar-refractivity contribution in [2.75, 3.05) is 7.05 Å². The quantitative estimate of drug-likeness (QED) is 0.790. The zero-order valence-electron chi connectivity index (χ0n) is 12.9. The summed E-state index contributed by atoms with van der Waals surface area (Å²) < 4.78 is 1.97. The first kappa shape index (κ1) is 14.3. The van der Waals surface area contributed by atoms with E-state index in [0.29, 0.717) is 0 Å². The minimum absolute atomic E-state index is 0.731. The monoisotopic (exact) mass is 283 g/mol. The lowest BCUT2D eigenvalue weighted by Gasteiger charge is -2.26. The van der Waals surface area contributed by atoms with E-state index >= 15 is 0 Å². The Hall–Kier alpha value is -1.61. The van der Waals surface area contributed by atoms with Crippen LogP contribution in [0.3, 0.4) is 0 Å². The predicted molar refractivity (Wildman–Crippen MR) is 86.5 cm³/mol. The number of aromatic nitrogens is 2. The maximum Gasteiger partial charge on any atom is 0.0769 e. The van der Waals surface area contributed by atoms with Crippen molar-refractivity contribution in [2.24, 2.45) is 0 Å². The summed E-state index contributed by atoms with van der Waals surface area (Å²) in [6.07, 6.45) is 10.3. The van der Waals surface area contributed by atoms with Gasteiger partial charge >= 0.3 is 0 Å². The maximum absolute atomic E-state index is 4.71. The highest BCUT2D eigenvalue weighted by molar-refractivity contribution is 5.30. The molecule has 2 aromatic rings. The van der Waals surface area contributed by atoms with Gasteiger partial charge in [-0.25, -0.2) is 4.68 Å². The zero-order valence-corrected chi connectivity index (χ0v) is 12.9. The Labute approximate surface area is 127 Å². The molecule has 0 spiro atoms. The van der Waals surface area contributed by atoms with E-state index < -0.39 is 0 Å². The predicted octanol–water partition coefficient (Wildman–Crippen LogP) is 4.03. The molecule has 3 rings (SSSR count). The molecule has 1 fully saturated rings. The normalized spacial score (nSPS) is 17.0. The minimum Gasteiger partial charge on any atom is -0.298 e. The molecule has 3 nitrogen and oxygen atoms in total. The molecule has 1 aliphatic rings. The second-order valence-electron chi connectivity index (χ2n) is 6.15. The van der Waals surface area contributed by atoms with Crippen LogP contribution in [0.5, 0.6) is 0 Å². The average Bonchev–Trinajstić information content (AvgIpc) is 2.81. The van der Waals surface area contributed by atoms with Crippen LogP contribution in [-0.4, -0.2) is 27.8 Å². The Balaban J connectivity index is 1.64. The first-order chi connectivity index (χ1) is 10.3. The molecule has 1 saturated carbocycles. The van der Waals surface area contributed by atoms with Gasteiger partial charge in [0.1, 0.15) is 0 Å². The lowest BCUT2D eigenvalue weighted by Crippen LogP contribution is -2.30. The fraction of sp³-hybridized carbons (Fsp3) is 0.500. The van der Waals surface area contributed by atoms with Gasteiger partial charge in [0.05, 0.1) is 11.4 Å². The minimum atomic E-state index is 0.731. The van der Waals surface area contributed by atoms with Gasteiger partial charge in [-0.15, -0.1) is 0 Å². The van der Waals surface area contributed by atoms with Gasteiger partial charge in [0.15, 0.2) is 0 Å². The van der Waals surface area contributed by atoms with Crippen LogP contribution in [0.2, 0.25) is 0 Å². The summed E-state index contributed by atoms with van der Waals surface area (Å²) in [6, 6.07) is 13.2. The fourth-order valence-electron chi connectivity index (χ4n) is 3.25. The highest BCUT2D eigenvalue weighted by atomic mass is 15.3. The lowest BCUT2D eigenvalue weighted by molar-refractivity contribution is 0.210. The Morgan fingerprint density at radius 2 is 1.76 bits per heavy atom.